The SMILES string of the molecule is Cl.Cl.Cl.Cl.Cl.Cl.Cl.Cl.[Ca+2].[H-].[H-]. The molecule has 0 saturated heterocycles. The first-order valence-corrected chi connectivity index (χ1v) is 0. The minimum Gasteiger partial charge on any atom is -1.00 e. The first kappa shape index (κ1) is 132. The molecule has 0 rings (SSSR count). The first-order chi connectivity index (χ1) is 0. The van der Waals surface area contributed by atoms with Gasteiger partial charge in [-0.3, -0.25) is 0 Å². The molecule has 9 heteroatoms. The molecule has 0 atom stereocenters. The third-order valence-corrected chi connectivity index (χ3v) is 0. The zero-order chi connectivity index (χ0) is 0. The second-order valence-electron chi connectivity index (χ2n) is 0. The third-order valence-electron chi connectivity index (χ3n) is 0. The van der Waals surface area contributed by atoms with Gasteiger partial charge in [-0.15, -0.1) is 99.3 Å². The van der Waals surface area contributed by atoms with Gasteiger partial charge in [0, 0.05) is 0 Å². The molecule has 0 bridgehead atoms. The summed E-state index contributed by atoms with van der Waals surface area (Å²) < 4.78 is 0. The van der Waals surface area contributed by atoms with E-state index in [1.165, 1.54) is 0 Å². The standard InChI is InChI=1S/Ca.8ClH.2H/h;8*1H;;/q+2;;;;;;;;;2*-1. The minimum atomic E-state index is 0. The summed E-state index contributed by atoms with van der Waals surface area (Å²) in [5.41, 5.74) is 0. The summed E-state index contributed by atoms with van der Waals surface area (Å²) in [6, 6.07) is 0. The maximum atomic E-state index is 0. The average Bonchev–Trinajstić information content (AvgIpc) is 0. The molecule has 0 fully saturated rings. The summed E-state index contributed by atoms with van der Waals surface area (Å²) >= 11 is 0. The minimum absolute atomic E-state index is 0. The zero-order valence-electron chi connectivity index (χ0n) is 5.97. The van der Waals surface area contributed by atoms with Crippen LogP contribution in [0.3, 0.4) is 0 Å². The predicted molar refractivity (Wildman–Crippen MR) is 66.0 cm³/mol. The molecule has 0 nitrogen and oxygen atoms in total. The van der Waals surface area contributed by atoms with Crippen LogP contribution in [-0.2, 0) is 0 Å². The van der Waals surface area contributed by atoms with Gasteiger partial charge in [-0.05, 0) is 0 Å². The molecule has 0 unspecified atom stereocenters. The predicted octanol–water partition coefficient (Wildman–Crippen LogP) is 3.22. The summed E-state index contributed by atoms with van der Waals surface area (Å²) in [6.45, 7) is 0. The fourth-order valence-corrected chi connectivity index (χ4v) is 0. The number of hydrogen-bond donors (Lipinski definition) is 0. The van der Waals surface area contributed by atoms with Gasteiger partial charge in [-0.25, -0.2) is 0 Å². The summed E-state index contributed by atoms with van der Waals surface area (Å²) in [6.07, 6.45) is 0. The molecular formula is H10CaCl8. The maximum absolute atomic E-state index is 0. The van der Waals surface area contributed by atoms with Crippen LogP contribution >= 0.6 is 99.3 Å². The summed E-state index contributed by atoms with van der Waals surface area (Å²) in [4.78, 5) is 0. The second-order valence-corrected chi connectivity index (χ2v) is 0. The van der Waals surface area contributed by atoms with E-state index in [2.05, 4.69) is 0 Å². The Morgan fingerprint density at radius 1 is 0.333 bits per heavy atom. The van der Waals surface area contributed by atoms with E-state index in [1.54, 1.807) is 0 Å². The molecule has 0 N–H and O–H groups in total. The molecule has 0 amide bonds. The van der Waals surface area contributed by atoms with Crippen molar-refractivity contribution in [3.63, 3.8) is 0 Å². The fraction of sp³-hybridized carbons (Fsp3) is 0. The van der Waals surface area contributed by atoms with Gasteiger partial charge in [-0.2, -0.15) is 0 Å². The van der Waals surface area contributed by atoms with Crippen molar-refractivity contribution < 1.29 is 2.85 Å². The normalized spacial score (nSPS) is 0. The zero-order valence-corrected chi connectivity index (χ0v) is 12.7. The first-order valence-electron chi connectivity index (χ1n) is 0. The van der Waals surface area contributed by atoms with E-state index in [0.717, 1.165) is 0 Å². The van der Waals surface area contributed by atoms with Gasteiger partial charge < -0.3 is 2.85 Å². The number of rotatable bonds is 0. The molecule has 0 spiro atoms. The van der Waals surface area contributed by atoms with Gasteiger partial charge in [0.25, 0.3) is 0 Å². The number of hydrogen-bond acceptors (Lipinski definition) is 0. The topological polar surface area (TPSA) is 0 Å². The van der Waals surface area contributed by atoms with E-state index in [0.29, 0.717) is 0 Å². The molecule has 0 aromatic rings. The molecule has 0 aliphatic rings. The van der Waals surface area contributed by atoms with Gasteiger partial charge >= 0.3 is 37.7 Å². The Hall–Kier alpha value is 3.58. The molecule has 0 heterocycles. The van der Waals surface area contributed by atoms with E-state index in [9.17, 15) is 0 Å². The van der Waals surface area contributed by atoms with Gasteiger partial charge in [0.05, 0.1) is 0 Å². The van der Waals surface area contributed by atoms with Gasteiger partial charge in [0.2, 0.25) is 0 Å². The Bertz CT molecular complexity index is 12.1. The van der Waals surface area contributed by atoms with E-state index >= 15 is 0 Å². The molecule has 0 aromatic carbocycles. The number of halogens is 8. The van der Waals surface area contributed by atoms with Crippen molar-refractivity contribution in [3.05, 3.63) is 0 Å². The van der Waals surface area contributed by atoms with Crippen molar-refractivity contribution >= 4 is 137 Å². The molecule has 0 saturated carbocycles. The Morgan fingerprint density at radius 3 is 0.333 bits per heavy atom. The van der Waals surface area contributed by atoms with Crippen molar-refractivity contribution in [2.24, 2.45) is 0 Å². The van der Waals surface area contributed by atoms with Crippen LogP contribution in [-0.4, -0.2) is 37.7 Å². The van der Waals surface area contributed by atoms with E-state index in [1.807, 2.05) is 0 Å². The Balaban J connectivity index is 0. The molecule has 9 heavy (non-hydrogen) atoms. The second kappa shape index (κ2) is 101. The van der Waals surface area contributed by atoms with Crippen LogP contribution in [0.2, 0.25) is 0 Å². The van der Waals surface area contributed by atoms with Gasteiger partial charge in [0.1, 0.15) is 0 Å². The van der Waals surface area contributed by atoms with Crippen molar-refractivity contribution in [2.45, 2.75) is 0 Å². The molecule has 68 valence electrons. The van der Waals surface area contributed by atoms with Crippen LogP contribution in [0.1, 0.15) is 2.85 Å². The van der Waals surface area contributed by atoms with Crippen molar-refractivity contribution in [1.82, 2.24) is 0 Å². The average molecular weight is 334 g/mol. The largest absolute Gasteiger partial charge is 2.00 e. The van der Waals surface area contributed by atoms with Gasteiger partial charge in [0.15, 0.2) is 0 Å². The maximum Gasteiger partial charge on any atom is 2.00 e. The third kappa shape index (κ3) is 82.9. The van der Waals surface area contributed by atoms with E-state index < -0.39 is 0 Å². The van der Waals surface area contributed by atoms with Crippen molar-refractivity contribution in [3.8, 4) is 0 Å². The van der Waals surface area contributed by atoms with Crippen LogP contribution in [0, 0.1) is 0 Å². The Kier molecular flexibility index (Phi) is 1480. The monoisotopic (exact) mass is 330 g/mol. The summed E-state index contributed by atoms with van der Waals surface area (Å²) in [5, 5.41) is 0. The van der Waals surface area contributed by atoms with Crippen LogP contribution in [0.15, 0.2) is 0 Å². The van der Waals surface area contributed by atoms with Gasteiger partial charge in [-0.1, -0.05) is 0 Å². The van der Waals surface area contributed by atoms with Crippen LogP contribution < -0.4 is 0 Å². The Morgan fingerprint density at radius 2 is 0.333 bits per heavy atom. The van der Waals surface area contributed by atoms with Crippen LogP contribution in [0.25, 0.3) is 0 Å². The summed E-state index contributed by atoms with van der Waals surface area (Å²) in [7, 11) is 0. The van der Waals surface area contributed by atoms with E-state index in [-0.39, 0.29) is 140 Å². The summed E-state index contributed by atoms with van der Waals surface area (Å²) in [5.74, 6) is 0. The molecule has 0 aromatic heterocycles. The molecule has 0 radical (unpaired) electrons. The van der Waals surface area contributed by atoms with Crippen molar-refractivity contribution in [2.75, 3.05) is 0 Å². The molecule has 0 aliphatic carbocycles. The van der Waals surface area contributed by atoms with Crippen LogP contribution in [0.4, 0.5) is 0 Å². The fourth-order valence-electron chi connectivity index (χ4n) is 0. The van der Waals surface area contributed by atoms with Crippen LogP contribution in [0.5, 0.6) is 0 Å². The van der Waals surface area contributed by atoms with E-state index in [4.69, 9.17) is 0 Å². The molecule has 0 aliphatic heterocycles. The molecular weight excluding hydrogens is 324 g/mol. The van der Waals surface area contributed by atoms with Crippen molar-refractivity contribution in [1.29, 1.82) is 0 Å². The smallest absolute Gasteiger partial charge is 1.00 e. The Labute approximate surface area is 138 Å². The quantitative estimate of drug-likeness (QED) is 0.597.